The molecule has 0 unspecified atom stereocenters. The van der Waals surface area contributed by atoms with Crippen LogP contribution in [0.15, 0.2) is 12.2 Å². The van der Waals surface area contributed by atoms with Crippen molar-refractivity contribution in [2.75, 3.05) is 13.7 Å². The lowest BCUT2D eigenvalue weighted by Gasteiger charge is -2.16. The van der Waals surface area contributed by atoms with Crippen molar-refractivity contribution in [1.82, 2.24) is 0 Å². The van der Waals surface area contributed by atoms with Crippen molar-refractivity contribution in [3.63, 3.8) is 0 Å². The lowest BCUT2D eigenvalue weighted by Crippen LogP contribution is -2.30. The molecule has 0 bridgehead atoms. The van der Waals surface area contributed by atoms with Crippen LogP contribution in [0.2, 0.25) is 0 Å². The number of ether oxygens (including phenoxy) is 3. The summed E-state index contributed by atoms with van der Waals surface area (Å²) in [5.41, 5.74) is 5.67. The van der Waals surface area contributed by atoms with E-state index in [1.807, 2.05) is 13.8 Å². The highest BCUT2D eigenvalue weighted by molar-refractivity contribution is 5.68. The molecule has 1 aliphatic heterocycles. The predicted molar refractivity (Wildman–Crippen MR) is 72.5 cm³/mol. The number of hydrogen-bond donors (Lipinski definition) is 1. The van der Waals surface area contributed by atoms with Gasteiger partial charge in [-0.1, -0.05) is 12.2 Å². The fraction of sp³-hybridized carbons (Fsp3) is 0.786. The van der Waals surface area contributed by atoms with Gasteiger partial charge in [0.15, 0.2) is 5.79 Å². The zero-order valence-electron chi connectivity index (χ0n) is 12.1. The average Bonchev–Trinajstić information content (AvgIpc) is 2.67. The molecule has 5 heteroatoms. The van der Waals surface area contributed by atoms with Crippen LogP contribution in [0, 0.1) is 0 Å². The first-order chi connectivity index (χ1) is 8.98. The summed E-state index contributed by atoms with van der Waals surface area (Å²) in [7, 11) is 1.41. The Hall–Kier alpha value is -0.910. The lowest BCUT2D eigenvalue weighted by molar-refractivity contribution is -0.145. The van der Waals surface area contributed by atoms with E-state index in [0.717, 1.165) is 19.3 Å². The summed E-state index contributed by atoms with van der Waals surface area (Å²) in [4.78, 5) is 10.9. The molecule has 19 heavy (non-hydrogen) atoms. The first-order valence-corrected chi connectivity index (χ1v) is 6.76. The van der Waals surface area contributed by atoms with Gasteiger partial charge in [0, 0.05) is 13.0 Å². The molecule has 0 aromatic carbocycles. The molecule has 0 radical (unpaired) electrons. The predicted octanol–water partition coefficient (Wildman–Crippen LogP) is 1.75. The third-order valence-electron chi connectivity index (χ3n) is 3.03. The first-order valence-electron chi connectivity index (χ1n) is 6.76. The summed E-state index contributed by atoms with van der Waals surface area (Å²) in [5.74, 6) is -0.709. The number of allylic oxidation sites excluding steroid dienone is 1. The zero-order chi connectivity index (χ0) is 14.3. The fourth-order valence-electron chi connectivity index (χ4n) is 2.12. The van der Waals surface area contributed by atoms with Crippen molar-refractivity contribution in [1.29, 1.82) is 0 Å². The van der Waals surface area contributed by atoms with Gasteiger partial charge in [0.1, 0.15) is 0 Å². The Balaban J connectivity index is 2.22. The molecule has 1 heterocycles. The van der Waals surface area contributed by atoms with Crippen molar-refractivity contribution in [3.8, 4) is 0 Å². The molecule has 110 valence electrons. The number of carbonyl (C=O) groups is 1. The molecule has 2 N–H and O–H groups in total. The quantitative estimate of drug-likeness (QED) is 0.434. The Kier molecular flexibility index (Phi) is 6.48. The van der Waals surface area contributed by atoms with Crippen LogP contribution in [-0.4, -0.2) is 37.6 Å². The molecule has 1 rings (SSSR count). The number of hydrogen-bond acceptors (Lipinski definition) is 5. The van der Waals surface area contributed by atoms with Gasteiger partial charge in [-0.3, -0.25) is 4.79 Å². The van der Waals surface area contributed by atoms with Crippen molar-refractivity contribution in [3.05, 3.63) is 12.2 Å². The summed E-state index contributed by atoms with van der Waals surface area (Å²) in [5, 5.41) is 0. The highest BCUT2D eigenvalue weighted by Gasteiger charge is 2.39. The second-order valence-corrected chi connectivity index (χ2v) is 5.12. The topological polar surface area (TPSA) is 70.8 Å². The van der Waals surface area contributed by atoms with E-state index < -0.39 is 5.79 Å². The van der Waals surface area contributed by atoms with Crippen LogP contribution < -0.4 is 5.73 Å². The van der Waals surface area contributed by atoms with Crippen LogP contribution in [0.25, 0.3) is 0 Å². The van der Waals surface area contributed by atoms with Gasteiger partial charge < -0.3 is 19.9 Å². The molecule has 0 aromatic rings. The van der Waals surface area contributed by atoms with Crippen LogP contribution in [-0.2, 0) is 19.0 Å². The molecule has 1 aliphatic rings. The minimum Gasteiger partial charge on any atom is -0.469 e. The molecule has 0 amide bonds. The van der Waals surface area contributed by atoms with Gasteiger partial charge in [0.05, 0.1) is 19.3 Å². The largest absolute Gasteiger partial charge is 0.469 e. The van der Waals surface area contributed by atoms with E-state index in [1.54, 1.807) is 0 Å². The van der Waals surface area contributed by atoms with Crippen molar-refractivity contribution in [2.45, 2.75) is 57.5 Å². The second kappa shape index (κ2) is 7.62. The van der Waals surface area contributed by atoms with Gasteiger partial charge in [-0.15, -0.1) is 0 Å². The number of nitrogens with two attached hydrogens (primary N) is 1. The summed E-state index contributed by atoms with van der Waals surface area (Å²) in [6.07, 6.45) is 6.99. The first kappa shape index (κ1) is 16.1. The monoisotopic (exact) mass is 271 g/mol. The summed E-state index contributed by atoms with van der Waals surface area (Å²) in [6, 6.07) is 0. The van der Waals surface area contributed by atoms with Crippen LogP contribution in [0.3, 0.4) is 0 Å². The number of unbranched alkanes of at least 4 members (excludes halogenated alkanes) is 1. The van der Waals surface area contributed by atoms with E-state index >= 15 is 0 Å². The number of rotatable bonds is 7. The third-order valence-corrected chi connectivity index (χ3v) is 3.03. The fourth-order valence-corrected chi connectivity index (χ4v) is 2.12. The summed E-state index contributed by atoms with van der Waals surface area (Å²) in [6.45, 7) is 4.26. The molecular formula is C14H25NO4. The number of methoxy groups -OCH3 is 1. The molecule has 0 aliphatic carbocycles. The average molecular weight is 271 g/mol. The Morgan fingerprint density at radius 2 is 2.00 bits per heavy atom. The van der Waals surface area contributed by atoms with E-state index in [9.17, 15) is 4.79 Å². The molecule has 0 spiro atoms. The molecule has 1 saturated heterocycles. The van der Waals surface area contributed by atoms with Gasteiger partial charge in [-0.05, 0) is 33.1 Å². The highest BCUT2D eigenvalue weighted by atomic mass is 16.7. The Morgan fingerprint density at radius 3 is 2.63 bits per heavy atom. The van der Waals surface area contributed by atoms with E-state index in [4.69, 9.17) is 15.2 Å². The lowest BCUT2D eigenvalue weighted by atomic mass is 10.1. The maximum Gasteiger partial charge on any atom is 0.305 e. The minimum absolute atomic E-state index is 0.0110. The van der Waals surface area contributed by atoms with Gasteiger partial charge in [-0.25, -0.2) is 0 Å². The Morgan fingerprint density at radius 1 is 1.32 bits per heavy atom. The van der Waals surface area contributed by atoms with E-state index in [1.165, 1.54) is 7.11 Å². The SMILES string of the molecule is COC(=O)CCC/C=C\C[C@H]1OC(C)(C)O[C@@H]1CN. The van der Waals surface area contributed by atoms with Crippen LogP contribution in [0.4, 0.5) is 0 Å². The highest BCUT2D eigenvalue weighted by Crippen LogP contribution is 2.29. The van der Waals surface area contributed by atoms with Crippen LogP contribution >= 0.6 is 0 Å². The summed E-state index contributed by atoms with van der Waals surface area (Å²) < 4.78 is 16.1. The Bertz CT molecular complexity index is 315. The standard InChI is InChI=1S/C14H25NO4/c1-14(2)18-11(12(10-15)19-14)8-6-4-5-7-9-13(16)17-3/h4,6,11-12H,5,7-10,15H2,1-3H3/b6-4-/t11-,12-/m1/s1. The van der Waals surface area contributed by atoms with Gasteiger partial charge >= 0.3 is 5.97 Å². The van der Waals surface area contributed by atoms with Crippen LogP contribution in [0.5, 0.6) is 0 Å². The van der Waals surface area contributed by atoms with Crippen LogP contribution in [0.1, 0.15) is 39.5 Å². The molecule has 0 saturated carbocycles. The molecule has 2 atom stereocenters. The third kappa shape index (κ3) is 5.72. The Labute approximate surface area is 115 Å². The molecule has 5 nitrogen and oxygen atoms in total. The van der Waals surface area contributed by atoms with E-state index in [0.29, 0.717) is 13.0 Å². The van der Waals surface area contributed by atoms with E-state index in [-0.39, 0.29) is 18.2 Å². The maximum atomic E-state index is 10.9. The smallest absolute Gasteiger partial charge is 0.305 e. The maximum absolute atomic E-state index is 10.9. The second-order valence-electron chi connectivity index (χ2n) is 5.12. The number of carbonyl (C=O) groups excluding carboxylic acids is 1. The van der Waals surface area contributed by atoms with Gasteiger partial charge in [0.25, 0.3) is 0 Å². The minimum atomic E-state index is -0.548. The van der Waals surface area contributed by atoms with Crippen molar-refractivity contribution >= 4 is 5.97 Å². The number of esters is 1. The normalized spacial score (nSPS) is 25.9. The zero-order valence-corrected chi connectivity index (χ0v) is 12.1. The molecule has 0 aromatic heterocycles. The van der Waals surface area contributed by atoms with Gasteiger partial charge in [-0.2, -0.15) is 0 Å². The van der Waals surface area contributed by atoms with E-state index in [2.05, 4.69) is 16.9 Å². The summed E-state index contributed by atoms with van der Waals surface area (Å²) >= 11 is 0. The van der Waals surface area contributed by atoms with Crippen molar-refractivity contribution in [2.24, 2.45) is 5.73 Å². The molecule has 1 fully saturated rings. The van der Waals surface area contributed by atoms with Crippen molar-refractivity contribution < 1.29 is 19.0 Å². The van der Waals surface area contributed by atoms with Gasteiger partial charge in [0.2, 0.25) is 0 Å². The molecular weight excluding hydrogens is 246 g/mol.